The minimum atomic E-state index is 0.276. The maximum atomic E-state index is 3.70. The van der Waals surface area contributed by atoms with Crippen molar-refractivity contribution in [2.75, 3.05) is 19.6 Å². The molecule has 108 valence electrons. The van der Waals surface area contributed by atoms with E-state index in [1.807, 2.05) is 0 Å². The van der Waals surface area contributed by atoms with Gasteiger partial charge in [0, 0.05) is 24.2 Å². The van der Waals surface area contributed by atoms with Crippen molar-refractivity contribution in [1.82, 2.24) is 10.2 Å². The second kappa shape index (κ2) is 6.91. The Balaban J connectivity index is 2.42. The van der Waals surface area contributed by atoms with Gasteiger partial charge in [-0.15, -0.1) is 0 Å². The highest BCUT2D eigenvalue weighted by Gasteiger charge is 2.38. The lowest BCUT2D eigenvalue weighted by Crippen LogP contribution is -2.67. The van der Waals surface area contributed by atoms with E-state index in [9.17, 15) is 0 Å². The molecule has 1 aliphatic rings. The summed E-state index contributed by atoms with van der Waals surface area (Å²) in [6.45, 7) is 15.3. The second-order valence-electron chi connectivity index (χ2n) is 6.92. The van der Waals surface area contributed by atoms with Crippen LogP contribution in [0.4, 0.5) is 0 Å². The van der Waals surface area contributed by atoms with Crippen molar-refractivity contribution in [3.63, 3.8) is 0 Å². The summed E-state index contributed by atoms with van der Waals surface area (Å²) in [5.74, 6) is 0. The number of nitrogens with zero attached hydrogens (tertiary/aromatic N) is 1. The van der Waals surface area contributed by atoms with Crippen molar-refractivity contribution in [2.24, 2.45) is 0 Å². The van der Waals surface area contributed by atoms with Gasteiger partial charge in [-0.1, -0.05) is 39.5 Å². The molecule has 0 spiro atoms. The lowest BCUT2D eigenvalue weighted by atomic mass is 9.87. The predicted molar refractivity (Wildman–Crippen MR) is 81.1 cm³/mol. The van der Waals surface area contributed by atoms with E-state index in [4.69, 9.17) is 0 Å². The molecule has 1 saturated heterocycles. The third-order valence-electron chi connectivity index (χ3n) is 4.59. The van der Waals surface area contributed by atoms with Gasteiger partial charge in [0.2, 0.25) is 0 Å². The number of hydrogen-bond donors (Lipinski definition) is 1. The molecule has 2 heteroatoms. The van der Waals surface area contributed by atoms with Gasteiger partial charge >= 0.3 is 0 Å². The van der Waals surface area contributed by atoms with E-state index in [0.29, 0.717) is 5.54 Å². The molecule has 1 atom stereocenters. The zero-order valence-corrected chi connectivity index (χ0v) is 13.3. The topological polar surface area (TPSA) is 15.3 Å². The summed E-state index contributed by atoms with van der Waals surface area (Å²) in [6, 6.07) is 0. The van der Waals surface area contributed by atoms with Crippen LogP contribution < -0.4 is 5.32 Å². The van der Waals surface area contributed by atoms with Crippen LogP contribution in [-0.4, -0.2) is 35.6 Å². The van der Waals surface area contributed by atoms with E-state index in [2.05, 4.69) is 44.8 Å². The number of unbranched alkanes of at least 4 members (excludes halogenated alkanes) is 4. The Labute approximate surface area is 115 Å². The first-order valence-electron chi connectivity index (χ1n) is 7.93. The van der Waals surface area contributed by atoms with E-state index in [1.54, 1.807) is 0 Å². The summed E-state index contributed by atoms with van der Waals surface area (Å²) in [6.07, 6.45) is 8.16. The van der Waals surface area contributed by atoms with Crippen LogP contribution in [-0.2, 0) is 0 Å². The first kappa shape index (κ1) is 16.0. The summed E-state index contributed by atoms with van der Waals surface area (Å²) in [7, 11) is 0. The van der Waals surface area contributed by atoms with Gasteiger partial charge in [0.25, 0.3) is 0 Å². The number of hydrogen-bond acceptors (Lipinski definition) is 2. The molecule has 1 rings (SSSR count). The lowest BCUT2D eigenvalue weighted by Gasteiger charge is -2.51. The number of rotatable bonds is 7. The maximum absolute atomic E-state index is 3.70. The van der Waals surface area contributed by atoms with Gasteiger partial charge in [-0.25, -0.2) is 0 Å². The number of piperazine rings is 1. The van der Waals surface area contributed by atoms with Gasteiger partial charge in [0.15, 0.2) is 0 Å². The molecule has 0 radical (unpaired) electrons. The third kappa shape index (κ3) is 4.55. The standard InChI is InChI=1S/C16H34N2/c1-6-8-9-10-11-12-18-14-15(3,4)17-13-16(18,5)7-2/h17H,6-14H2,1-5H3. The van der Waals surface area contributed by atoms with E-state index in [1.165, 1.54) is 51.6 Å². The Morgan fingerprint density at radius 2 is 1.67 bits per heavy atom. The fourth-order valence-corrected chi connectivity index (χ4v) is 2.87. The molecule has 1 unspecified atom stereocenters. The molecule has 0 aromatic rings. The molecule has 0 bridgehead atoms. The van der Waals surface area contributed by atoms with Crippen molar-refractivity contribution in [3.8, 4) is 0 Å². The molecule has 0 aromatic carbocycles. The number of nitrogens with one attached hydrogen (secondary N) is 1. The summed E-state index contributed by atoms with van der Waals surface area (Å²) >= 11 is 0. The fraction of sp³-hybridized carbons (Fsp3) is 1.00. The summed E-state index contributed by atoms with van der Waals surface area (Å²) in [4.78, 5) is 2.73. The van der Waals surface area contributed by atoms with Crippen LogP contribution in [0.25, 0.3) is 0 Å². The Bertz CT molecular complexity index is 237. The maximum Gasteiger partial charge on any atom is 0.0304 e. The zero-order chi connectivity index (χ0) is 13.6. The van der Waals surface area contributed by atoms with E-state index in [0.717, 1.165) is 6.54 Å². The average molecular weight is 254 g/mol. The highest BCUT2D eigenvalue weighted by atomic mass is 15.3. The SMILES string of the molecule is CCCCCCCN1CC(C)(C)NCC1(C)CC. The smallest absolute Gasteiger partial charge is 0.0304 e. The van der Waals surface area contributed by atoms with Crippen molar-refractivity contribution in [3.05, 3.63) is 0 Å². The quantitative estimate of drug-likeness (QED) is 0.695. The van der Waals surface area contributed by atoms with E-state index < -0.39 is 0 Å². The van der Waals surface area contributed by atoms with Crippen LogP contribution in [0.2, 0.25) is 0 Å². The molecule has 18 heavy (non-hydrogen) atoms. The van der Waals surface area contributed by atoms with Gasteiger partial charge in [-0.2, -0.15) is 0 Å². The molecule has 0 amide bonds. The Kier molecular flexibility index (Phi) is 6.13. The van der Waals surface area contributed by atoms with Crippen LogP contribution in [0.1, 0.15) is 73.1 Å². The molecule has 0 aliphatic carbocycles. The highest BCUT2D eigenvalue weighted by Crippen LogP contribution is 2.27. The fourth-order valence-electron chi connectivity index (χ4n) is 2.87. The van der Waals surface area contributed by atoms with Gasteiger partial charge in [-0.05, 0) is 40.2 Å². The molecular formula is C16H34N2. The highest BCUT2D eigenvalue weighted by molar-refractivity contribution is 4.99. The molecule has 1 N–H and O–H groups in total. The molecule has 1 fully saturated rings. The van der Waals surface area contributed by atoms with Crippen molar-refractivity contribution in [2.45, 2.75) is 84.2 Å². The summed E-state index contributed by atoms with van der Waals surface area (Å²) < 4.78 is 0. The molecule has 0 aromatic heterocycles. The molecule has 1 heterocycles. The average Bonchev–Trinajstić information content (AvgIpc) is 2.33. The molecule has 1 aliphatic heterocycles. The van der Waals surface area contributed by atoms with E-state index >= 15 is 0 Å². The van der Waals surface area contributed by atoms with E-state index in [-0.39, 0.29) is 5.54 Å². The lowest BCUT2D eigenvalue weighted by molar-refractivity contribution is 0.0230. The predicted octanol–water partition coefficient (Wildman–Crippen LogP) is 3.81. The third-order valence-corrected chi connectivity index (χ3v) is 4.59. The molecular weight excluding hydrogens is 220 g/mol. The Hall–Kier alpha value is -0.0800. The molecule has 2 nitrogen and oxygen atoms in total. The van der Waals surface area contributed by atoms with Crippen molar-refractivity contribution < 1.29 is 0 Å². The van der Waals surface area contributed by atoms with Crippen molar-refractivity contribution >= 4 is 0 Å². The summed E-state index contributed by atoms with van der Waals surface area (Å²) in [5, 5.41) is 3.70. The monoisotopic (exact) mass is 254 g/mol. The zero-order valence-electron chi connectivity index (χ0n) is 13.3. The van der Waals surface area contributed by atoms with Crippen LogP contribution >= 0.6 is 0 Å². The van der Waals surface area contributed by atoms with Gasteiger partial charge in [0.1, 0.15) is 0 Å². The Morgan fingerprint density at radius 1 is 1.00 bits per heavy atom. The first-order chi connectivity index (χ1) is 8.43. The van der Waals surface area contributed by atoms with Gasteiger partial charge < -0.3 is 5.32 Å². The van der Waals surface area contributed by atoms with Crippen LogP contribution in [0.5, 0.6) is 0 Å². The minimum absolute atomic E-state index is 0.276. The normalized spacial score (nSPS) is 28.5. The van der Waals surface area contributed by atoms with Gasteiger partial charge in [-0.3, -0.25) is 4.90 Å². The largest absolute Gasteiger partial charge is 0.309 e. The van der Waals surface area contributed by atoms with Gasteiger partial charge in [0.05, 0.1) is 0 Å². The second-order valence-corrected chi connectivity index (χ2v) is 6.92. The first-order valence-corrected chi connectivity index (χ1v) is 7.93. The Morgan fingerprint density at radius 3 is 2.28 bits per heavy atom. The van der Waals surface area contributed by atoms with Crippen LogP contribution in [0.15, 0.2) is 0 Å². The minimum Gasteiger partial charge on any atom is -0.309 e. The van der Waals surface area contributed by atoms with Crippen LogP contribution in [0, 0.1) is 0 Å². The summed E-state index contributed by atoms with van der Waals surface area (Å²) in [5.41, 5.74) is 0.637. The molecule has 0 saturated carbocycles. The van der Waals surface area contributed by atoms with Crippen molar-refractivity contribution in [1.29, 1.82) is 0 Å². The van der Waals surface area contributed by atoms with Crippen LogP contribution in [0.3, 0.4) is 0 Å².